The summed E-state index contributed by atoms with van der Waals surface area (Å²) in [4.78, 5) is 14.6. The van der Waals surface area contributed by atoms with E-state index < -0.39 is 5.97 Å². The minimum atomic E-state index is -0.859. The Kier molecular flexibility index (Phi) is 5.36. The molecule has 1 heterocycles. The van der Waals surface area contributed by atoms with Gasteiger partial charge in [-0.1, -0.05) is 19.3 Å². The fraction of sp³-hybridized carbons (Fsp3) is 0.643. The van der Waals surface area contributed by atoms with Crippen molar-refractivity contribution in [3.05, 3.63) is 21.9 Å². The molecule has 1 aliphatic carbocycles. The maximum absolute atomic E-state index is 10.9. The molecule has 1 fully saturated rings. The molecule has 0 unspecified atom stereocenters. The van der Waals surface area contributed by atoms with Crippen LogP contribution in [0.1, 0.15) is 46.7 Å². The first-order valence-electron chi connectivity index (χ1n) is 6.87. The predicted molar refractivity (Wildman–Crippen MR) is 75.6 cm³/mol. The van der Waals surface area contributed by atoms with Gasteiger partial charge in [0.2, 0.25) is 0 Å². The SMILES string of the molecule is O=C(O)c1ccc(CN(CCO)C2CCCCC2)s1. The molecule has 1 aromatic rings. The molecule has 0 aliphatic heterocycles. The summed E-state index contributed by atoms with van der Waals surface area (Å²) in [5, 5.41) is 18.1. The summed E-state index contributed by atoms with van der Waals surface area (Å²) in [6.07, 6.45) is 6.22. The summed E-state index contributed by atoms with van der Waals surface area (Å²) in [7, 11) is 0. The van der Waals surface area contributed by atoms with Gasteiger partial charge in [-0.25, -0.2) is 4.79 Å². The fourth-order valence-electron chi connectivity index (χ4n) is 2.74. The number of nitrogens with zero attached hydrogens (tertiary/aromatic N) is 1. The summed E-state index contributed by atoms with van der Waals surface area (Å²) < 4.78 is 0. The first kappa shape index (κ1) is 14.5. The zero-order chi connectivity index (χ0) is 13.7. The molecule has 0 aromatic carbocycles. The van der Waals surface area contributed by atoms with E-state index in [1.54, 1.807) is 6.07 Å². The molecule has 0 radical (unpaired) electrons. The number of aromatic carboxylic acids is 1. The molecule has 0 atom stereocenters. The van der Waals surface area contributed by atoms with Gasteiger partial charge >= 0.3 is 5.97 Å². The minimum Gasteiger partial charge on any atom is -0.477 e. The average Bonchev–Trinajstić information content (AvgIpc) is 2.88. The smallest absolute Gasteiger partial charge is 0.345 e. The molecule has 2 N–H and O–H groups in total. The van der Waals surface area contributed by atoms with Gasteiger partial charge in [0.1, 0.15) is 4.88 Å². The third-order valence-electron chi connectivity index (χ3n) is 3.71. The predicted octanol–water partition coefficient (Wildman–Crippen LogP) is 2.57. The van der Waals surface area contributed by atoms with Gasteiger partial charge in [0, 0.05) is 24.0 Å². The van der Waals surface area contributed by atoms with Crippen LogP contribution in [-0.2, 0) is 6.54 Å². The van der Waals surface area contributed by atoms with E-state index in [4.69, 9.17) is 5.11 Å². The Morgan fingerprint density at radius 2 is 2.05 bits per heavy atom. The third-order valence-corrected chi connectivity index (χ3v) is 4.77. The molecule has 1 saturated carbocycles. The normalized spacial score (nSPS) is 16.9. The van der Waals surface area contributed by atoms with Crippen molar-refractivity contribution in [2.24, 2.45) is 0 Å². The van der Waals surface area contributed by atoms with Crippen molar-refractivity contribution in [1.82, 2.24) is 4.90 Å². The van der Waals surface area contributed by atoms with Crippen molar-refractivity contribution in [2.45, 2.75) is 44.7 Å². The van der Waals surface area contributed by atoms with Gasteiger partial charge in [-0.15, -0.1) is 11.3 Å². The van der Waals surface area contributed by atoms with Gasteiger partial charge in [0.15, 0.2) is 0 Å². The van der Waals surface area contributed by atoms with Crippen LogP contribution < -0.4 is 0 Å². The lowest BCUT2D eigenvalue weighted by atomic mass is 9.94. The van der Waals surface area contributed by atoms with Gasteiger partial charge in [-0.3, -0.25) is 4.90 Å². The maximum Gasteiger partial charge on any atom is 0.345 e. The van der Waals surface area contributed by atoms with Crippen LogP contribution in [0.4, 0.5) is 0 Å². The standard InChI is InChI=1S/C14H21NO3S/c16-9-8-15(11-4-2-1-3-5-11)10-12-6-7-13(19-12)14(17)18/h6-7,11,16H,1-5,8-10H2,(H,17,18). The van der Waals surface area contributed by atoms with Crippen LogP contribution in [-0.4, -0.2) is 40.3 Å². The number of aliphatic hydroxyl groups excluding tert-OH is 1. The third kappa shape index (κ3) is 4.03. The highest BCUT2D eigenvalue weighted by Crippen LogP contribution is 2.25. The Hall–Kier alpha value is -0.910. The van der Waals surface area contributed by atoms with Crippen LogP contribution in [0.25, 0.3) is 0 Å². The Labute approximate surface area is 117 Å². The number of hydrogen-bond donors (Lipinski definition) is 2. The molecular weight excluding hydrogens is 262 g/mol. The first-order chi connectivity index (χ1) is 9.20. The molecule has 0 bridgehead atoms. The summed E-state index contributed by atoms with van der Waals surface area (Å²) in [6.45, 7) is 1.59. The quantitative estimate of drug-likeness (QED) is 0.842. The Balaban J connectivity index is 2.00. The fourth-order valence-corrected chi connectivity index (χ4v) is 3.62. The number of hydrogen-bond acceptors (Lipinski definition) is 4. The van der Waals surface area contributed by atoms with E-state index in [1.807, 2.05) is 6.07 Å². The van der Waals surface area contributed by atoms with Crippen molar-refractivity contribution in [1.29, 1.82) is 0 Å². The highest BCUT2D eigenvalue weighted by molar-refractivity contribution is 7.13. The highest BCUT2D eigenvalue weighted by atomic mass is 32.1. The van der Waals surface area contributed by atoms with Gasteiger partial charge < -0.3 is 10.2 Å². The van der Waals surface area contributed by atoms with E-state index in [0.717, 1.165) is 11.4 Å². The summed E-state index contributed by atoms with van der Waals surface area (Å²) in [5.74, 6) is -0.859. The highest BCUT2D eigenvalue weighted by Gasteiger charge is 2.21. The number of thiophene rings is 1. The minimum absolute atomic E-state index is 0.160. The van der Waals surface area contributed by atoms with Crippen molar-refractivity contribution >= 4 is 17.3 Å². The Morgan fingerprint density at radius 3 is 2.63 bits per heavy atom. The maximum atomic E-state index is 10.9. The molecular formula is C14H21NO3S. The molecule has 1 aromatic heterocycles. The zero-order valence-electron chi connectivity index (χ0n) is 11.0. The Morgan fingerprint density at radius 1 is 1.32 bits per heavy atom. The molecule has 0 spiro atoms. The number of aliphatic hydroxyl groups is 1. The van der Waals surface area contributed by atoms with E-state index in [-0.39, 0.29) is 6.61 Å². The number of rotatable bonds is 6. The lowest BCUT2D eigenvalue weighted by Gasteiger charge is -2.33. The van der Waals surface area contributed by atoms with Crippen LogP contribution in [0.5, 0.6) is 0 Å². The number of carboxylic acid groups (broad SMARTS) is 1. The number of carboxylic acids is 1. The molecule has 106 valence electrons. The summed E-state index contributed by atoms with van der Waals surface area (Å²) in [5.41, 5.74) is 0. The molecule has 19 heavy (non-hydrogen) atoms. The average molecular weight is 283 g/mol. The summed E-state index contributed by atoms with van der Waals surface area (Å²) >= 11 is 1.34. The topological polar surface area (TPSA) is 60.8 Å². The van der Waals surface area contributed by atoms with Crippen LogP contribution in [0, 0.1) is 0 Å². The van der Waals surface area contributed by atoms with E-state index in [0.29, 0.717) is 17.5 Å². The van der Waals surface area contributed by atoms with E-state index in [2.05, 4.69) is 4.90 Å². The van der Waals surface area contributed by atoms with E-state index in [9.17, 15) is 9.90 Å². The summed E-state index contributed by atoms with van der Waals surface area (Å²) in [6, 6.07) is 4.10. The van der Waals surface area contributed by atoms with Crippen molar-refractivity contribution in [3.63, 3.8) is 0 Å². The zero-order valence-corrected chi connectivity index (χ0v) is 11.9. The largest absolute Gasteiger partial charge is 0.477 e. The van der Waals surface area contributed by atoms with Crippen molar-refractivity contribution in [2.75, 3.05) is 13.2 Å². The van der Waals surface area contributed by atoms with Gasteiger partial charge in [-0.2, -0.15) is 0 Å². The van der Waals surface area contributed by atoms with Crippen LogP contribution >= 0.6 is 11.3 Å². The lowest BCUT2D eigenvalue weighted by molar-refractivity contribution is 0.0702. The molecule has 0 saturated heterocycles. The molecule has 4 nitrogen and oxygen atoms in total. The van der Waals surface area contributed by atoms with Crippen molar-refractivity contribution in [3.8, 4) is 0 Å². The van der Waals surface area contributed by atoms with E-state index >= 15 is 0 Å². The van der Waals surface area contributed by atoms with Gasteiger partial charge in [0.05, 0.1) is 6.61 Å². The second-order valence-electron chi connectivity index (χ2n) is 5.06. The molecule has 0 amide bonds. The van der Waals surface area contributed by atoms with Crippen LogP contribution in [0.15, 0.2) is 12.1 Å². The second kappa shape index (κ2) is 7.03. The Bertz CT molecular complexity index is 413. The van der Waals surface area contributed by atoms with Crippen LogP contribution in [0.3, 0.4) is 0 Å². The van der Waals surface area contributed by atoms with Crippen molar-refractivity contribution < 1.29 is 15.0 Å². The van der Waals surface area contributed by atoms with Crippen LogP contribution in [0.2, 0.25) is 0 Å². The van der Waals surface area contributed by atoms with Gasteiger partial charge in [0.25, 0.3) is 0 Å². The second-order valence-corrected chi connectivity index (χ2v) is 6.23. The van der Waals surface area contributed by atoms with Gasteiger partial charge in [-0.05, 0) is 25.0 Å². The molecule has 2 rings (SSSR count). The molecule has 5 heteroatoms. The first-order valence-corrected chi connectivity index (χ1v) is 7.69. The molecule has 1 aliphatic rings. The monoisotopic (exact) mass is 283 g/mol. The van der Waals surface area contributed by atoms with E-state index in [1.165, 1.54) is 43.4 Å². The number of carbonyl (C=O) groups is 1. The lowest BCUT2D eigenvalue weighted by Crippen LogP contribution is -2.38.